The van der Waals surface area contributed by atoms with E-state index in [0.717, 1.165) is 0 Å². The number of thioether (sulfide) groups is 1. The molecular weight excluding hydrogens is 150 g/mol. The van der Waals surface area contributed by atoms with Gasteiger partial charge < -0.3 is 5.73 Å². The Labute approximate surface area is 61.9 Å². The van der Waals surface area contributed by atoms with E-state index in [-0.39, 0.29) is 5.84 Å². The van der Waals surface area contributed by atoms with Gasteiger partial charge in [0.1, 0.15) is 12.2 Å². The molecule has 5 nitrogen and oxygen atoms in total. The molecule has 0 unspecified atom stereocenters. The number of aromatic nitrogens is 3. The molecule has 4 N–H and O–H groups in total. The van der Waals surface area contributed by atoms with Crippen LogP contribution in [-0.2, 0) is 0 Å². The van der Waals surface area contributed by atoms with Crippen LogP contribution < -0.4 is 5.73 Å². The molecule has 0 saturated carbocycles. The fourth-order valence-electron chi connectivity index (χ4n) is 0.410. The highest BCUT2D eigenvalue weighted by Gasteiger charge is 1.95. The first-order chi connectivity index (χ1) is 4.79. The molecule has 1 heterocycles. The summed E-state index contributed by atoms with van der Waals surface area (Å²) in [6, 6.07) is 0. The molecule has 0 radical (unpaired) electrons. The van der Waals surface area contributed by atoms with Crippen molar-refractivity contribution in [2.45, 2.75) is 5.16 Å². The summed E-state index contributed by atoms with van der Waals surface area (Å²) in [5, 5.41) is 13.9. The van der Waals surface area contributed by atoms with E-state index < -0.39 is 0 Å². The first-order valence-corrected chi connectivity index (χ1v) is 3.58. The fourth-order valence-corrected chi connectivity index (χ4v) is 0.941. The van der Waals surface area contributed by atoms with Crippen LogP contribution in [0.3, 0.4) is 0 Å². The number of amidine groups is 1. The van der Waals surface area contributed by atoms with E-state index in [9.17, 15) is 0 Å². The Bertz CT molecular complexity index is 205. The molecule has 0 atom stereocenters. The number of hydrogen-bond acceptors (Lipinski definition) is 4. The zero-order valence-electron chi connectivity index (χ0n) is 5.16. The van der Waals surface area contributed by atoms with Crippen molar-refractivity contribution in [2.75, 3.05) is 5.75 Å². The molecule has 0 amide bonds. The van der Waals surface area contributed by atoms with E-state index in [0.29, 0.717) is 10.9 Å². The Morgan fingerprint density at radius 1 is 1.90 bits per heavy atom. The van der Waals surface area contributed by atoms with E-state index in [1.54, 1.807) is 0 Å². The Morgan fingerprint density at radius 2 is 2.70 bits per heavy atom. The van der Waals surface area contributed by atoms with Crippen LogP contribution in [0.2, 0.25) is 0 Å². The first-order valence-electron chi connectivity index (χ1n) is 2.60. The number of nitrogens with one attached hydrogen (secondary N) is 2. The molecule has 1 aromatic heterocycles. The number of nitrogens with zero attached hydrogens (tertiary/aromatic N) is 2. The Balaban J connectivity index is 2.35. The molecule has 54 valence electrons. The second-order valence-electron chi connectivity index (χ2n) is 1.60. The standard InChI is InChI=1S/C4H7N5S/c5-3(6)1-10-4-7-2-8-9-4/h2H,1H2,(H3,5,6)(H,7,8,9). The average Bonchev–Trinajstić information content (AvgIpc) is 2.34. The van der Waals surface area contributed by atoms with Crippen molar-refractivity contribution >= 4 is 17.6 Å². The summed E-state index contributed by atoms with van der Waals surface area (Å²) in [7, 11) is 0. The first kappa shape index (κ1) is 7.07. The molecule has 0 aromatic carbocycles. The summed E-state index contributed by atoms with van der Waals surface area (Å²) in [5.74, 6) is 0.594. The molecule has 0 aliphatic heterocycles. The molecule has 0 aliphatic carbocycles. The molecule has 1 rings (SSSR count). The second kappa shape index (κ2) is 3.21. The van der Waals surface area contributed by atoms with Gasteiger partial charge in [-0.3, -0.25) is 10.5 Å². The van der Waals surface area contributed by atoms with Gasteiger partial charge in [-0.25, -0.2) is 4.98 Å². The highest BCUT2D eigenvalue weighted by molar-refractivity contribution is 7.99. The van der Waals surface area contributed by atoms with Crippen molar-refractivity contribution < 1.29 is 0 Å². The summed E-state index contributed by atoms with van der Waals surface area (Å²) in [6.45, 7) is 0. The summed E-state index contributed by atoms with van der Waals surface area (Å²) in [6.07, 6.45) is 1.42. The smallest absolute Gasteiger partial charge is 0.183 e. The average molecular weight is 157 g/mol. The molecule has 6 heteroatoms. The van der Waals surface area contributed by atoms with Gasteiger partial charge in [0, 0.05) is 0 Å². The number of rotatable bonds is 3. The maximum atomic E-state index is 6.89. The van der Waals surface area contributed by atoms with Gasteiger partial charge in [0.25, 0.3) is 0 Å². The molecule has 0 fully saturated rings. The normalized spacial score (nSPS) is 9.60. The highest BCUT2D eigenvalue weighted by atomic mass is 32.2. The van der Waals surface area contributed by atoms with E-state index in [2.05, 4.69) is 15.2 Å². The lowest BCUT2D eigenvalue weighted by Crippen LogP contribution is -2.12. The SMILES string of the molecule is N=C(N)CSc1ncn[nH]1. The predicted molar refractivity (Wildman–Crippen MR) is 39.0 cm³/mol. The summed E-state index contributed by atoms with van der Waals surface area (Å²) < 4.78 is 0. The third-order valence-electron chi connectivity index (χ3n) is 0.757. The second-order valence-corrected chi connectivity index (χ2v) is 2.57. The minimum absolute atomic E-state index is 0.140. The van der Waals surface area contributed by atoms with Gasteiger partial charge in [0.15, 0.2) is 5.16 Å². The molecule has 0 spiro atoms. The van der Waals surface area contributed by atoms with Crippen LogP contribution in [0, 0.1) is 5.41 Å². The minimum Gasteiger partial charge on any atom is -0.387 e. The number of aromatic amines is 1. The summed E-state index contributed by atoms with van der Waals surface area (Å²) in [5.41, 5.74) is 5.11. The van der Waals surface area contributed by atoms with Gasteiger partial charge in [0.2, 0.25) is 0 Å². The van der Waals surface area contributed by atoms with Gasteiger partial charge in [-0.2, -0.15) is 5.10 Å². The maximum Gasteiger partial charge on any atom is 0.183 e. The van der Waals surface area contributed by atoms with Crippen LogP contribution in [0.1, 0.15) is 0 Å². The monoisotopic (exact) mass is 157 g/mol. The molecule has 0 saturated heterocycles. The molecule has 0 aliphatic rings. The van der Waals surface area contributed by atoms with Gasteiger partial charge in [-0.05, 0) is 0 Å². The lowest BCUT2D eigenvalue weighted by molar-refractivity contribution is 0.975. The van der Waals surface area contributed by atoms with Crippen LogP contribution in [0.4, 0.5) is 0 Å². The van der Waals surface area contributed by atoms with E-state index in [1.165, 1.54) is 18.1 Å². The zero-order valence-corrected chi connectivity index (χ0v) is 5.98. The molecule has 10 heavy (non-hydrogen) atoms. The van der Waals surface area contributed by atoms with E-state index in [1.807, 2.05) is 0 Å². The van der Waals surface area contributed by atoms with Crippen LogP contribution in [0.5, 0.6) is 0 Å². The number of nitrogens with two attached hydrogens (primary N) is 1. The quantitative estimate of drug-likeness (QED) is 0.323. The van der Waals surface area contributed by atoms with Crippen molar-refractivity contribution in [1.82, 2.24) is 15.2 Å². The van der Waals surface area contributed by atoms with E-state index in [4.69, 9.17) is 11.1 Å². The minimum atomic E-state index is 0.140. The molecule has 0 bridgehead atoms. The predicted octanol–water partition coefficient (Wildman–Crippen LogP) is -0.167. The van der Waals surface area contributed by atoms with Crippen molar-refractivity contribution in [1.29, 1.82) is 5.41 Å². The van der Waals surface area contributed by atoms with Crippen LogP contribution in [0.15, 0.2) is 11.5 Å². The third kappa shape index (κ3) is 2.06. The molecule has 1 aromatic rings. The van der Waals surface area contributed by atoms with Crippen LogP contribution >= 0.6 is 11.8 Å². The fraction of sp³-hybridized carbons (Fsp3) is 0.250. The van der Waals surface area contributed by atoms with Gasteiger partial charge in [-0.1, -0.05) is 11.8 Å². The van der Waals surface area contributed by atoms with Crippen molar-refractivity contribution in [3.05, 3.63) is 6.33 Å². The van der Waals surface area contributed by atoms with Crippen molar-refractivity contribution in [2.24, 2.45) is 5.73 Å². The molecular formula is C4H7N5S. The Morgan fingerprint density at radius 3 is 3.20 bits per heavy atom. The lowest BCUT2D eigenvalue weighted by Gasteiger charge is -1.91. The highest BCUT2D eigenvalue weighted by Crippen LogP contribution is 2.08. The summed E-state index contributed by atoms with van der Waals surface area (Å²) >= 11 is 1.36. The van der Waals surface area contributed by atoms with Gasteiger partial charge in [-0.15, -0.1) is 0 Å². The zero-order chi connectivity index (χ0) is 7.40. The van der Waals surface area contributed by atoms with Crippen LogP contribution in [-0.4, -0.2) is 26.8 Å². The Hall–Kier alpha value is -1.04. The summed E-state index contributed by atoms with van der Waals surface area (Å²) in [4.78, 5) is 3.83. The largest absolute Gasteiger partial charge is 0.387 e. The van der Waals surface area contributed by atoms with Gasteiger partial charge in [0.05, 0.1) is 5.75 Å². The number of H-pyrrole nitrogens is 1. The van der Waals surface area contributed by atoms with Crippen molar-refractivity contribution in [3.8, 4) is 0 Å². The van der Waals surface area contributed by atoms with Crippen LogP contribution in [0.25, 0.3) is 0 Å². The number of hydrogen-bond donors (Lipinski definition) is 3. The topological polar surface area (TPSA) is 91.4 Å². The van der Waals surface area contributed by atoms with Gasteiger partial charge >= 0.3 is 0 Å². The van der Waals surface area contributed by atoms with E-state index >= 15 is 0 Å². The lowest BCUT2D eigenvalue weighted by atomic mass is 10.7. The Kier molecular flexibility index (Phi) is 2.27. The third-order valence-corrected chi connectivity index (χ3v) is 1.68. The van der Waals surface area contributed by atoms with Crippen molar-refractivity contribution in [3.63, 3.8) is 0 Å². The maximum absolute atomic E-state index is 6.89.